The molecule has 0 radical (unpaired) electrons. The normalized spacial score (nSPS) is 21.1. The lowest BCUT2D eigenvalue weighted by molar-refractivity contribution is -0.146. The quantitative estimate of drug-likeness (QED) is 0.735. The molecule has 1 saturated heterocycles. The van der Waals surface area contributed by atoms with Gasteiger partial charge < -0.3 is 4.74 Å². The number of hydrogen-bond donors (Lipinski definition) is 0. The molecule has 0 aromatic heterocycles. The monoisotopic (exact) mass is 222 g/mol. The highest BCUT2D eigenvalue weighted by atomic mass is 32.2. The Labute approximate surface area is 94.0 Å². The zero-order chi connectivity index (χ0) is 10.5. The van der Waals surface area contributed by atoms with Crippen molar-refractivity contribution in [1.82, 2.24) is 0 Å². The van der Waals surface area contributed by atoms with Crippen molar-refractivity contribution in [3.8, 4) is 0 Å². The average molecular weight is 222 g/mol. The van der Waals surface area contributed by atoms with E-state index in [1.807, 2.05) is 17.8 Å². The summed E-state index contributed by atoms with van der Waals surface area (Å²) in [6, 6.07) is 10.4. The summed E-state index contributed by atoms with van der Waals surface area (Å²) >= 11 is 1.88. The van der Waals surface area contributed by atoms with Gasteiger partial charge in [-0.05, 0) is 12.0 Å². The third-order valence-corrected chi connectivity index (χ3v) is 3.77. The van der Waals surface area contributed by atoms with Crippen LogP contribution in [-0.2, 0) is 15.3 Å². The van der Waals surface area contributed by atoms with Gasteiger partial charge in [0, 0.05) is 17.4 Å². The zero-order valence-corrected chi connectivity index (χ0v) is 9.33. The van der Waals surface area contributed by atoms with E-state index in [-0.39, 0.29) is 5.97 Å². The topological polar surface area (TPSA) is 26.3 Å². The fourth-order valence-electron chi connectivity index (χ4n) is 1.54. The molecule has 1 heterocycles. The van der Waals surface area contributed by atoms with Gasteiger partial charge in [0.15, 0.2) is 0 Å². The van der Waals surface area contributed by atoms with Gasteiger partial charge in [-0.2, -0.15) is 11.8 Å². The van der Waals surface area contributed by atoms with Gasteiger partial charge in [0.2, 0.25) is 0 Å². The fraction of sp³-hybridized carbons (Fsp3) is 0.417. The predicted octanol–water partition coefficient (Wildman–Crippen LogP) is 2.63. The molecule has 80 valence electrons. The standard InChI is InChI=1S/C12H14O2S/c13-12-7-6-11(8-14-12)15-9-10-4-2-1-3-5-10/h1-5,11H,6-9H2. The minimum Gasteiger partial charge on any atom is -0.464 e. The lowest BCUT2D eigenvalue weighted by atomic mass is 10.2. The summed E-state index contributed by atoms with van der Waals surface area (Å²) in [5, 5.41) is 0.475. The molecule has 15 heavy (non-hydrogen) atoms. The molecular weight excluding hydrogens is 208 g/mol. The summed E-state index contributed by atoms with van der Waals surface area (Å²) in [4.78, 5) is 10.9. The second-order valence-electron chi connectivity index (χ2n) is 3.64. The lowest BCUT2D eigenvalue weighted by Crippen LogP contribution is -2.23. The molecule has 0 bridgehead atoms. The molecule has 3 heteroatoms. The van der Waals surface area contributed by atoms with Crippen molar-refractivity contribution in [2.75, 3.05) is 6.61 Å². The Balaban J connectivity index is 1.77. The third-order valence-electron chi connectivity index (χ3n) is 2.43. The van der Waals surface area contributed by atoms with Crippen LogP contribution in [0.5, 0.6) is 0 Å². The second kappa shape index (κ2) is 5.21. The SMILES string of the molecule is O=C1CCC(SCc2ccccc2)CO1. The van der Waals surface area contributed by atoms with Crippen molar-refractivity contribution in [2.24, 2.45) is 0 Å². The van der Waals surface area contributed by atoms with Crippen LogP contribution in [0.1, 0.15) is 18.4 Å². The molecule has 0 amide bonds. The van der Waals surface area contributed by atoms with Gasteiger partial charge in [-0.1, -0.05) is 30.3 Å². The van der Waals surface area contributed by atoms with Crippen LogP contribution in [0.3, 0.4) is 0 Å². The van der Waals surface area contributed by atoms with Crippen LogP contribution >= 0.6 is 11.8 Å². The van der Waals surface area contributed by atoms with E-state index in [9.17, 15) is 4.79 Å². The van der Waals surface area contributed by atoms with Crippen LogP contribution in [0, 0.1) is 0 Å². The number of esters is 1. The summed E-state index contributed by atoms with van der Waals surface area (Å²) in [5.41, 5.74) is 1.33. The summed E-state index contributed by atoms with van der Waals surface area (Å²) in [6.45, 7) is 0.580. The molecule has 0 N–H and O–H groups in total. The number of thioether (sulfide) groups is 1. The first-order chi connectivity index (χ1) is 7.34. The Kier molecular flexibility index (Phi) is 3.67. The minimum absolute atomic E-state index is 0.0495. The van der Waals surface area contributed by atoms with E-state index in [2.05, 4.69) is 24.3 Å². The Morgan fingerprint density at radius 1 is 1.33 bits per heavy atom. The predicted molar refractivity (Wildman–Crippen MR) is 61.7 cm³/mol. The molecule has 1 aliphatic rings. The number of hydrogen-bond acceptors (Lipinski definition) is 3. The number of rotatable bonds is 3. The van der Waals surface area contributed by atoms with E-state index in [0.717, 1.165) is 12.2 Å². The first kappa shape index (κ1) is 10.6. The number of ether oxygens (including phenoxy) is 1. The van der Waals surface area contributed by atoms with E-state index in [4.69, 9.17) is 4.74 Å². The Morgan fingerprint density at radius 3 is 2.80 bits per heavy atom. The molecule has 0 spiro atoms. The van der Waals surface area contributed by atoms with E-state index in [0.29, 0.717) is 18.3 Å². The van der Waals surface area contributed by atoms with Gasteiger partial charge in [-0.25, -0.2) is 0 Å². The van der Waals surface area contributed by atoms with Crippen molar-refractivity contribution >= 4 is 17.7 Å². The first-order valence-electron chi connectivity index (χ1n) is 5.16. The molecule has 0 aliphatic carbocycles. The van der Waals surface area contributed by atoms with Gasteiger partial charge in [-0.15, -0.1) is 0 Å². The molecule has 2 nitrogen and oxygen atoms in total. The van der Waals surface area contributed by atoms with E-state index in [1.165, 1.54) is 5.56 Å². The van der Waals surface area contributed by atoms with Crippen LogP contribution in [-0.4, -0.2) is 17.8 Å². The summed E-state index contributed by atoms with van der Waals surface area (Å²) in [5.74, 6) is 0.954. The average Bonchev–Trinajstić information content (AvgIpc) is 2.30. The van der Waals surface area contributed by atoms with E-state index >= 15 is 0 Å². The molecule has 1 unspecified atom stereocenters. The smallest absolute Gasteiger partial charge is 0.305 e. The van der Waals surface area contributed by atoms with Crippen LogP contribution in [0.25, 0.3) is 0 Å². The van der Waals surface area contributed by atoms with Crippen LogP contribution in [0.4, 0.5) is 0 Å². The summed E-state index contributed by atoms with van der Waals surface area (Å²) in [6.07, 6.45) is 1.53. The van der Waals surface area contributed by atoms with Crippen molar-refractivity contribution in [1.29, 1.82) is 0 Å². The molecule has 1 aromatic carbocycles. The second-order valence-corrected chi connectivity index (χ2v) is 4.93. The van der Waals surface area contributed by atoms with Crippen LogP contribution < -0.4 is 0 Å². The maximum absolute atomic E-state index is 10.9. The molecule has 1 aliphatic heterocycles. The lowest BCUT2D eigenvalue weighted by Gasteiger charge is -2.20. The number of benzene rings is 1. The van der Waals surface area contributed by atoms with Crippen molar-refractivity contribution in [3.05, 3.63) is 35.9 Å². The number of carbonyl (C=O) groups is 1. The van der Waals surface area contributed by atoms with Gasteiger partial charge in [0.05, 0.1) is 0 Å². The van der Waals surface area contributed by atoms with Crippen molar-refractivity contribution < 1.29 is 9.53 Å². The van der Waals surface area contributed by atoms with Crippen LogP contribution in [0.15, 0.2) is 30.3 Å². The van der Waals surface area contributed by atoms with Gasteiger partial charge in [-0.3, -0.25) is 4.79 Å². The Morgan fingerprint density at radius 2 is 2.13 bits per heavy atom. The van der Waals surface area contributed by atoms with Gasteiger partial charge in [0.1, 0.15) is 6.61 Å². The number of cyclic esters (lactones) is 1. The van der Waals surface area contributed by atoms with Crippen LogP contribution in [0.2, 0.25) is 0 Å². The highest BCUT2D eigenvalue weighted by molar-refractivity contribution is 7.99. The molecule has 2 rings (SSSR count). The summed E-state index contributed by atoms with van der Waals surface area (Å²) in [7, 11) is 0. The minimum atomic E-state index is -0.0495. The molecule has 1 atom stereocenters. The Bertz CT molecular complexity index is 314. The van der Waals surface area contributed by atoms with Gasteiger partial charge >= 0.3 is 5.97 Å². The maximum Gasteiger partial charge on any atom is 0.305 e. The van der Waals surface area contributed by atoms with Crippen molar-refractivity contribution in [3.63, 3.8) is 0 Å². The largest absolute Gasteiger partial charge is 0.464 e. The molecule has 1 fully saturated rings. The van der Waals surface area contributed by atoms with E-state index in [1.54, 1.807) is 0 Å². The third kappa shape index (κ3) is 3.27. The van der Waals surface area contributed by atoms with Gasteiger partial charge in [0.25, 0.3) is 0 Å². The molecule has 0 saturated carbocycles. The first-order valence-corrected chi connectivity index (χ1v) is 6.20. The zero-order valence-electron chi connectivity index (χ0n) is 8.52. The maximum atomic E-state index is 10.9. The van der Waals surface area contributed by atoms with Crippen molar-refractivity contribution in [2.45, 2.75) is 23.8 Å². The Hall–Kier alpha value is -0.960. The van der Waals surface area contributed by atoms with E-state index < -0.39 is 0 Å². The highest BCUT2D eigenvalue weighted by Gasteiger charge is 2.19. The number of carbonyl (C=O) groups excluding carboxylic acids is 1. The molecular formula is C12H14O2S. The summed E-state index contributed by atoms with van der Waals surface area (Å²) < 4.78 is 5.02. The highest BCUT2D eigenvalue weighted by Crippen LogP contribution is 2.24. The molecule has 1 aromatic rings. The fourth-order valence-corrected chi connectivity index (χ4v) is 2.61.